The van der Waals surface area contributed by atoms with Crippen molar-refractivity contribution in [3.63, 3.8) is 0 Å². The summed E-state index contributed by atoms with van der Waals surface area (Å²) in [6.45, 7) is 1.17. The molecule has 2 heterocycles. The van der Waals surface area contributed by atoms with E-state index >= 15 is 0 Å². The summed E-state index contributed by atoms with van der Waals surface area (Å²) in [4.78, 5) is 20.0. The molecule has 1 amide bonds. The van der Waals surface area contributed by atoms with Crippen LogP contribution in [0.5, 0.6) is 0 Å². The van der Waals surface area contributed by atoms with Gasteiger partial charge in [0.2, 0.25) is 0 Å². The molecule has 0 fully saturated rings. The number of hydrogen-bond donors (Lipinski definition) is 2. The maximum atomic E-state index is 11.8. The van der Waals surface area contributed by atoms with Crippen molar-refractivity contribution in [1.29, 1.82) is 0 Å². The van der Waals surface area contributed by atoms with Crippen LogP contribution in [0.25, 0.3) is 0 Å². The molecule has 2 aromatic rings. The normalized spacial score (nSPS) is 10.1. The van der Waals surface area contributed by atoms with Gasteiger partial charge in [-0.25, -0.2) is 4.98 Å². The van der Waals surface area contributed by atoms with Crippen molar-refractivity contribution >= 4 is 23.1 Å². The average molecular weight is 275 g/mol. The van der Waals surface area contributed by atoms with Gasteiger partial charge in [-0.3, -0.25) is 9.78 Å². The minimum atomic E-state index is -0.227. The van der Waals surface area contributed by atoms with Gasteiger partial charge in [0.1, 0.15) is 10.7 Å². The van der Waals surface area contributed by atoms with Gasteiger partial charge in [-0.2, -0.15) is 0 Å². The van der Waals surface area contributed by atoms with E-state index in [9.17, 15) is 4.79 Å². The van der Waals surface area contributed by atoms with Crippen molar-refractivity contribution < 1.29 is 4.79 Å². The summed E-state index contributed by atoms with van der Waals surface area (Å²) < 4.78 is 1.88. The Hall–Kier alpha value is -2.28. The van der Waals surface area contributed by atoms with E-state index in [0.717, 1.165) is 0 Å². The number of rotatable bonds is 5. The van der Waals surface area contributed by atoms with Crippen molar-refractivity contribution in [3.05, 3.63) is 48.3 Å². The lowest BCUT2D eigenvalue weighted by molar-refractivity contribution is 0.0947. The Bertz CT molecular complexity index is 564. The molecule has 2 aromatic heterocycles. The Labute approximate surface area is 115 Å². The zero-order valence-corrected chi connectivity index (χ0v) is 10.9. The largest absolute Gasteiger partial charge is 0.389 e. The van der Waals surface area contributed by atoms with E-state index in [1.54, 1.807) is 24.7 Å². The Balaban J connectivity index is 1.87. The van der Waals surface area contributed by atoms with E-state index in [1.807, 2.05) is 10.8 Å². The topological polar surface area (TPSA) is 85.8 Å². The minimum absolute atomic E-state index is 0.227. The average Bonchev–Trinajstić information content (AvgIpc) is 2.92. The van der Waals surface area contributed by atoms with Gasteiger partial charge in [-0.1, -0.05) is 12.2 Å². The Kier molecular flexibility index (Phi) is 4.19. The van der Waals surface area contributed by atoms with Gasteiger partial charge >= 0.3 is 0 Å². The van der Waals surface area contributed by atoms with E-state index < -0.39 is 0 Å². The fourth-order valence-corrected chi connectivity index (χ4v) is 1.60. The number of hydrogen-bond acceptors (Lipinski definition) is 4. The molecule has 7 heteroatoms. The standard InChI is InChI=1S/C12H13N5OS/c13-11(19)9-1-2-10(16-7-9)12(18)15-4-6-17-5-3-14-8-17/h1-3,5,7-8H,4,6H2,(H2,13,19)(H,15,18). The molecule has 0 aliphatic carbocycles. The minimum Gasteiger partial charge on any atom is -0.389 e. The lowest BCUT2D eigenvalue weighted by Crippen LogP contribution is -2.27. The van der Waals surface area contributed by atoms with E-state index in [-0.39, 0.29) is 10.9 Å². The third-order valence-corrected chi connectivity index (χ3v) is 2.73. The first-order valence-electron chi connectivity index (χ1n) is 5.66. The van der Waals surface area contributed by atoms with Gasteiger partial charge in [-0.05, 0) is 12.1 Å². The van der Waals surface area contributed by atoms with E-state index in [0.29, 0.717) is 24.3 Å². The summed E-state index contributed by atoms with van der Waals surface area (Å²) in [5.41, 5.74) is 6.44. The Morgan fingerprint density at radius 1 is 1.47 bits per heavy atom. The van der Waals surface area contributed by atoms with Crippen LogP contribution in [-0.4, -0.2) is 32.0 Å². The Morgan fingerprint density at radius 2 is 2.32 bits per heavy atom. The van der Waals surface area contributed by atoms with Crippen molar-refractivity contribution in [2.45, 2.75) is 6.54 Å². The van der Waals surface area contributed by atoms with Crippen LogP contribution in [-0.2, 0) is 6.54 Å². The SMILES string of the molecule is NC(=S)c1ccc(C(=O)NCCn2ccnc2)nc1. The van der Waals surface area contributed by atoms with Crippen LogP contribution in [0.15, 0.2) is 37.1 Å². The first-order valence-corrected chi connectivity index (χ1v) is 6.07. The molecule has 0 unspecified atom stereocenters. The zero-order valence-electron chi connectivity index (χ0n) is 10.1. The molecule has 98 valence electrons. The number of pyridine rings is 1. The van der Waals surface area contributed by atoms with Gasteiger partial charge in [0.15, 0.2) is 0 Å². The molecule has 0 aromatic carbocycles. The van der Waals surface area contributed by atoms with Gasteiger partial charge < -0.3 is 15.6 Å². The van der Waals surface area contributed by atoms with Crippen LogP contribution in [0.2, 0.25) is 0 Å². The number of aromatic nitrogens is 3. The summed E-state index contributed by atoms with van der Waals surface area (Å²) in [7, 11) is 0. The van der Waals surface area contributed by atoms with Crippen molar-refractivity contribution in [2.24, 2.45) is 5.73 Å². The highest BCUT2D eigenvalue weighted by molar-refractivity contribution is 7.80. The number of imidazole rings is 1. The van der Waals surface area contributed by atoms with Crippen molar-refractivity contribution in [3.8, 4) is 0 Å². The molecule has 0 aliphatic heterocycles. The highest BCUT2D eigenvalue weighted by atomic mass is 32.1. The molecule has 0 radical (unpaired) electrons. The number of thiocarbonyl (C=S) groups is 1. The quantitative estimate of drug-likeness (QED) is 0.769. The lowest BCUT2D eigenvalue weighted by atomic mass is 10.2. The van der Waals surface area contributed by atoms with Gasteiger partial charge in [0.25, 0.3) is 5.91 Å². The molecule has 6 nitrogen and oxygen atoms in total. The lowest BCUT2D eigenvalue weighted by Gasteiger charge is -2.05. The monoisotopic (exact) mass is 275 g/mol. The first-order chi connectivity index (χ1) is 9.16. The van der Waals surface area contributed by atoms with Crippen molar-refractivity contribution in [2.75, 3.05) is 6.54 Å². The molecule has 0 saturated heterocycles. The molecular weight excluding hydrogens is 262 g/mol. The summed E-state index contributed by atoms with van der Waals surface area (Å²) in [5, 5.41) is 2.77. The molecule has 0 saturated carbocycles. The second kappa shape index (κ2) is 6.05. The summed E-state index contributed by atoms with van der Waals surface area (Å²) in [6, 6.07) is 3.28. The molecule has 19 heavy (non-hydrogen) atoms. The van der Waals surface area contributed by atoms with Crippen LogP contribution in [0, 0.1) is 0 Å². The fourth-order valence-electron chi connectivity index (χ4n) is 1.48. The third kappa shape index (κ3) is 3.59. The predicted octanol–water partition coefficient (Wildman–Crippen LogP) is 0.342. The number of nitrogens with zero attached hydrogens (tertiary/aromatic N) is 3. The van der Waals surface area contributed by atoms with Gasteiger partial charge in [0, 0.05) is 37.2 Å². The second-order valence-corrected chi connectivity index (χ2v) is 4.29. The fraction of sp³-hybridized carbons (Fsp3) is 0.167. The number of amides is 1. The molecular formula is C12H13N5OS. The molecule has 0 spiro atoms. The van der Waals surface area contributed by atoms with Crippen LogP contribution in [0.3, 0.4) is 0 Å². The number of carbonyl (C=O) groups is 1. The summed E-state index contributed by atoms with van der Waals surface area (Å²) in [5.74, 6) is -0.227. The summed E-state index contributed by atoms with van der Waals surface area (Å²) in [6.07, 6.45) is 6.72. The highest BCUT2D eigenvalue weighted by Gasteiger charge is 2.06. The molecule has 2 rings (SSSR count). The first kappa shape index (κ1) is 13.2. The number of nitrogens with two attached hydrogens (primary N) is 1. The zero-order chi connectivity index (χ0) is 13.7. The van der Waals surface area contributed by atoms with Crippen LogP contribution < -0.4 is 11.1 Å². The van der Waals surface area contributed by atoms with Crippen LogP contribution in [0.1, 0.15) is 16.1 Å². The third-order valence-electron chi connectivity index (χ3n) is 2.50. The van der Waals surface area contributed by atoms with Gasteiger partial charge in [0.05, 0.1) is 6.33 Å². The molecule has 0 aliphatic rings. The molecule has 0 bridgehead atoms. The highest BCUT2D eigenvalue weighted by Crippen LogP contribution is 2.00. The van der Waals surface area contributed by atoms with Gasteiger partial charge in [-0.15, -0.1) is 0 Å². The molecule has 0 atom stereocenters. The molecule has 3 N–H and O–H groups in total. The number of carbonyl (C=O) groups excluding carboxylic acids is 1. The predicted molar refractivity (Wildman–Crippen MR) is 74.7 cm³/mol. The van der Waals surface area contributed by atoms with E-state index in [2.05, 4.69) is 15.3 Å². The maximum Gasteiger partial charge on any atom is 0.269 e. The smallest absolute Gasteiger partial charge is 0.269 e. The van der Waals surface area contributed by atoms with E-state index in [4.69, 9.17) is 18.0 Å². The second-order valence-electron chi connectivity index (χ2n) is 3.85. The van der Waals surface area contributed by atoms with E-state index in [1.165, 1.54) is 6.20 Å². The summed E-state index contributed by atoms with van der Waals surface area (Å²) >= 11 is 4.82. The van der Waals surface area contributed by atoms with Crippen LogP contribution in [0.4, 0.5) is 0 Å². The maximum absolute atomic E-state index is 11.8. The number of nitrogens with one attached hydrogen (secondary N) is 1. The van der Waals surface area contributed by atoms with Crippen LogP contribution >= 0.6 is 12.2 Å². The Morgan fingerprint density at radius 3 is 2.89 bits per heavy atom. The van der Waals surface area contributed by atoms with Crippen molar-refractivity contribution in [1.82, 2.24) is 19.9 Å².